The Kier molecular flexibility index (Phi) is 3.62. The van der Waals surface area contributed by atoms with E-state index in [2.05, 4.69) is 0 Å². The van der Waals surface area contributed by atoms with Crippen molar-refractivity contribution >= 4 is 23.3 Å². The molecule has 0 aliphatic rings. The third-order valence-corrected chi connectivity index (χ3v) is 2.90. The molecule has 0 atom stereocenters. The van der Waals surface area contributed by atoms with Crippen LogP contribution in [0.25, 0.3) is 0 Å². The third kappa shape index (κ3) is 2.80. The molecule has 0 spiro atoms. The molecule has 2 rings (SSSR count). The van der Waals surface area contributed by atoms with Crippen molar-refractivity contribution in [1.82, 2.24) is 0 Å². The smallest absolute Gasteiger partial charge is 0.337 e. The molecule has 4 nitrogen and oxygen atoms in total. The van der Waals surface area contributed by atoms with Crippen LogP contribution in [0.5, 0.6) is 11.5 Å². The number of halogens is 1. The van der Waals surface area contributed by atoms with Gasteiger partial charge in [-0.3, -0.25) is 0 Å². The minimum Gasteiger partial charge on any atom is -0.478 e. The Labute approximate surface area is 115 Å². The molecule has 0 radical (unpaired) electrons. The quantitative estimate of drug-likeness (QED) is 0.839. The molecule has 2 aromatic carbocycles. The number of aryl methyl sites for hydroxylation is 1. The molecule has 0 heterocycles. The number of benzene rings is 2. The van der Waals surface area contributed by atoms with Crippen molar-refractivity contribution in [2.45, 2.75) is 6.92 Å². The molecule has 0 aliphatic carbocycles. The molecule has 0 amide bonds. The van der Waals surface area contributed by atoms with Gasteiger partial charge in [-0.05, 0) is 36.8 Å². The van der Waals surface area contributed by atoms with Crippen molar-refractivity contribution in [1.29, 1.82) is 0 Å². The normalized spacial score (nSPS) is 10.2. The summed E-state index contributed by atoms with van der Waals surface area (Å²) in [7, 11) is 0. The Morgan fingerprint density at radius 3 is 2.68 bits per heavy atom. The molecule has 0 aromatic heterocycles. The first kappa shape index (κ1) is 13.2. The van der Waals surface area contributed by atoms with Crippen LogP contribution in [-0.4, -0.2) is 11.1 Å². The van der Waals surface area contributed by atoms with Crippen molar-refractivity contribution in [3.05, 3.63) is 52.5 Å². The van der Waals surface area contributed by atoms with Crippen LogP contribution in [0.15, 0.2) is 36.4 Å². The van der Waals surface area contributed by atoms with Gasteiger partial charge in [-0.25, -0.2) is 4.79 Å². The number of para-hydroxylation sites is 1. The van der Waals surface area contributed by atoms with E-state index in [1.807, 2.05) is 13.0 Å². The van der Waals surface area contributed by atoms with E-state index in [0.29, 0.717) is 16.5 Å². The van der Waals surface area contributed by atoms with Crippen LogP contribution >= 0.6 is 11.6 Å². The zero-order valence-electron chi connectivity index (χ0n) is 10.2. The number of aromatic carboxylic acids is 1. The number of nitrogens with two attached hydrogens (primary N) is 1. The first-order valence-electron chi connectivity index (χ1n) is 5.55. The molecule has 0 unspecified atom stereocenters. The largest absolute Gasteiger partial charge is 0.478 e. The van der Waals surface area contributed by atoms with Gasteiger partial charge in [-0.2, -0.15) is 0 Å². The summed E-state index contributed by atoms with van der Waals surface area (Å²) in [5.74, 6) is -0.252. The lowest BCUT2D eigenvalue weighted by Gasteiger charge is -2.12. The fourth-order valence-corrected chi connectivity index (χ4v) is 1.78. The summed E-state index contributed by atoms with van der Waals surface area (Å²) in [6.07, 6.45) is 0. The number of hydrogen-bond acceptors (Lipinski definition) is 3. The third-order valence-electron chi connectivity index (χ3n) is 2.67. The van der Waals surface area contributed by atoms with E-state index in [4.69, 9.17) is 27.2 Å². The highest BCUT2D eigenvalue weighted by Gasteiger charge is 2.13. The zero-order chi connectivity index (χ0) is 14.0. The topological polar surface area (TPSA) is 72.5 Å². The molecule has 0 saturated heterocycles. The highest BCUT2D eigenvalue weighted by atomic mass is 35.5. The van der Waals surface area contributed by atoms with Gasteiger partial charge < -0.3 is 15.6 Å². The molecule has 3 N–H and O–H groups in total. The summed E-state index contributed by atoms with van der Waals surface area (Å²) in [5.41, 5.74) is 6.76. The van der Waals surface area contributed by atoms with Crippen LogP contribution in [-0.2, 0) is 0 Å². The van der Waals surface area contributed by atoms with Crippen molar-refractivity contribution in [2.24, 2.45) is 0 Å². The lowest BCUT2D eigenvalue weighted by atomic mass is 10.1. The average molecular weight is 278 g/mol. The lowest BCUT2D eigenvalue weighted by Crippen LogP contribution is -2.03. The fraction of sp³-hybridized carbons (Fsp3) is 0.0714. The number of nitrogen functional groups attached to an aromatic ring is 1. The van der Waals surface area contributed by atoms with Gasteiger partial charge in [0.25, 0.3) is 0 Å². The number of rotatable bonds is 3. The summed E-state index contributed by atoms with van der Waals surface area (Å²) in [6.45, 7) is 1.86. The summed E-state index contributed by atoms with van der Waals surface area (Å²) >= 11 is 5.90. The molecule has 0 fully saturated rings. The van der Waals surface area contributed by atoms with E-state index in [-0.39, 0.29) is 11.3 Å². The highest BCUT2D eigenvalue weighted by molar-refractivity contribution is 6.30. The first-order valence-corrected chi connectivity index (χ1v) is 5.92. The van der Waals surface area contributed by atoms with E-state index in [1.165, 1.54) is 6.07 Å². The van der Waals surface area contributed by atoms with Crippen LogP contribution in [0.2, 0.25) is 5.02 Å². The van der Waals surface area contributed by atoms with Gasteiger partial charge in [0.1, 0.15) is 5.75 Å². The molecule has 0 bridgehead atoms. The Morgan fingerprint density at radius 1 is 1.26 bits per heavy atom. The predicted octanol–water partition coefficient (Wildman–Crippen LogP) is 3.72. The van der Waals surface area contributed by atoms with E-state index in [1.54, 1.807) is 24.3 Å². The number of carboxylic acids is 1. The monoisotopic (exact) mass is 277 g/mol. The predicted molar refractivity (Wildman–Crippen MR) is 74.1 cm³/mol. The Hall–Kier alpha value is -2.20. The van der Waals surface area contributed by atoms with E-state index in [9.17, 15) is 4.79 Å². The van der Waals surface area contributed by atoms with Crippen LogP contribution < -0.4 is 10.5 Å². The maximum atomic E-state index is 11.0. The van der Waals surface area contributed by atoms with Crippen molar-refractivity contribution in [2.75, 3.05) is 5.73 Å². The van der Waals surface area contributed by atoms with E-state index >= 15 is 0 Å². The number of anilines is 1. The fourth-order valence-electron chi connectivity index (χ4n) is 1.62. The molecule has 0 aliphatic heterocycles. The summed E-state index contributed by atoms with van der Waals surface area (Å²) in [4.78, 5) is 11.0. The Morgan fingerprint density at radius 2 is 2.00 bits per heavy atom. The minimum atomic E-state index is -1.09. The first-order chi connectivity index (χ1) is 8.99. The van der Waals surface area contributed by atoms with Crippen LogP contribution in [0, 0.1) is 6.92 Å². The molecular formula is C14H12ClNO3. The zero-order valence-corrected chi connectivity index (χ0v) is 10.9. The highest BCUT2D eigenvalue weighted by Crippen LogP contribution is 2.33. The number of carbonyl (C=O) groups is 1. The van der Waals surface area contributed by atoms with Gasteiger partial charge in [0, 0.05) is 5.02 Å². The van der Waals surface area contributed by atoms with Gasteiger partial charge in [-0.15, -0.1) is 0 Å². The number of carboxylic acid groups (broad SMARTS) is 1. The molecular weight excluding hydrogens is 266 g/mol. The van der Waals surface area contributed by atoms with Crippen LogP contribution in [0.1, 0.15) is 15.9 Å². The molecule has 98 valence electrons. The van der Waals surface area contributed by atoms with Crippen LogP contribution in [0.3, 0.4) is 0 Å². The van der Waals surface area contributed by atoms with Crippen LogP contribution in [0.4, 0.5) is 5.69 Å². The maximum absolute atomic E-state index is 11.0. The van der Waals surface area contributed by atoms with Crippen molar-refractivity contribution in [3.8, 4) is 11.5 Å². The Balaban J connectivity index is 2.41. The molecule has 5 heteroatoms. The maximum Gasteiger partial charge on any atom is 0.337 e. The van der Waals surface area contributed by atoms with E-state index < -0.39 is 5.97 Å². The average Bonchev–Trinajstić information content (AvgIpc) is 2.36. The van der Waals surface area contributed by atoms with Gasteiger partial charge in [-0.1, -0.05) is 23.7 Å². The van der Waals surface area contributed by atoms with Gasteiger partial charge >= 0.3 is 5.97 Å². The SMILES string of the molecule is Cc1ccc(Cl)cc1Oc1cccc(C(=O)O)c1N. The second kappa shape index (κ2) is 5.20. The summed E-state index contributed by atoms with van der Waals surface area (Å²) in [6, 6.07) is 9.84. The molecule has 0 saturated carbocycles. The Bertz CT molecular complexity index is 641. The molecule has 2 aromatic rings. The molecule has 19 heavy (non-hydrogen) atoms. The van der Waals surface area contributed by atoms with Gasteiger partial charge in [0.05, 0.1) is 11.3 Å². The minimum absolute atomic E-state index is 0.0113. The van der Waals surface area contributed by atoms with Gasteiger partial charge in [0.15, 0.2) is 5.75 Å². The summed E-state index contributed by atoms with van der Waals surface area (Å²) < 4.78 is 5.64. The van der Waals surface area contributed by atoms with Gasteiger partial charge in [0.2, 0.25) is 0 Å². The van der Waals surface area contributed by atoms with E-state index in [0.717, 1.165) is 5.56 Å². The second-order valence-corrected chi connectivity index (χ2v) is 4.47. The standard InChI is InChI=1S/C14H12ClNO3/c1-8-5-6-9(15)7-12(8)19-11-4-2-3-10(13(11)16)14(17)18/h2-7H,16H2,1H3,(H,17,18). The van der Waals surface area contributed by atoms with Crippen molar-refractivity contribution < 1.29 is 14.6 Å². The lowest BCUT2D eigenvalue weighted by molar-refractivity contribution is 0.0698. The van der Waals surface area contributed by atoms with Crippen molar-refractivity contribution in [3.63, 3.8) is 0 Å². The summed E-state index contributed by atoms with van der Waals surface area (Å²) in [5, 5.41) is 9.53. The number of hydrogen-bond donors (Lipinski definition) is 2. The number of ether oxygens (including phenoxy) is 1. The second-order valence-electron chi connectivity index (χ2n) is 4.03.